The van der Waals surface area contributed by atoms with Crippen molar-refractivity contribution >= 4 is 55.9 Å². The minimum Gasteiger partial charge on any atom is -0.396 e. The lowest BCUT2D eigenvalue weighted by atomic mass is 10.2. The van der Waals surface area contributed by atoms with Gasteiger partial charge < -0.3 is 5.73 Å². The van der Waals surface area contributed by atoms with E-state index in [4.69, 9.17) is 28.9 Å². The highest BCUT2D eigenvalue weighted by molar-refractivity contribution is 7.93. The highest BCUT2D eigenvalue weighted by Gasteiger charge is 2.23. The first-order valence-corrected chi connectivity index (χ1v) is 7.98. The first kappa shape index (κ1) is 15.3. The second-order valence-electron chi connectivity index (χ2n) is 3.65. The van der Waals surface area contributed by atoms with E-state index in [-0.39, 0.29) is 13.6 Å². The molecule has 1 heterocycles. The number of benzene rings is 1. The first-order valence-electron chi connectivity index (χ1n) is 4.93. The van der Waals surface area contributed by atoms with Crippen molar-refractivity contribution < 1.29 is 17.2 Å². The fourth-order valence-corrected chi connectivity index (χ4v) is 4.56. The fraction of sp³-hybridized carbons (Fsp3) is 0. The second kappa shape index (κ2) is 5.36. The van der Waals surface area contributed by atoms with Crippen LogP contribution >= 0.6 is 34.5 Å². The van der Waals surface area contributed by atoms with Gasteiger partial charge in [-0.2, -0.15) is 0 Å². The smallest absolute Gasteiger partial charge is 0.264 e. The van der Waals surface area contributed by atoms with Crippen LogP contribution in [0.5, 0.6) is 0 Å². The summed E-state index contributed by atoms with van der Waals surface area (Å²) in [5, 5.41) is 0. The second-order valence-corrected chi connectivity index (χ2v) is 7.58. The number of thiophene rings is 1. The normalized spacial score (nSPS) is 11.6. The zero-order valence-electron chi connectivity index (χ0n) is 9.45. The SMILES string of the molecule is Nc1cc(NS(=O)(=O)c2cc(Cl)sc2Cl)c(F)cc1F. The third-order valence-electron chi connectivity index (χ3n) is 2.25. The maximum atomic E-state index is 13.5. The van der Waals surface area contributed by atoms with Crippen molar-refractivity contribution in [2.45, 2.75) is 4.90 Å². The molecule has 0 atom stereocenters. The first-order chi connectivity index (χ1) is 9.20. The average Bonchev–Trinajstić information content (AvgIpc) is 2.66. The van der Waals surface area contributed by atoms with Crippen LogP contribution in [0.1, 0.15) is 0 Å². The molecule has 0 spiro atoms. The molecule has 0 unspecified atom stereocenters. The Morgan fingerprint density at radius 1 is 1.15 bits per heavy atom. The van der Waals surface area contributed by atoms with E-state index in [2.05, 4.69) is 0 Å². The van der Waals surface area contributed by atoms with Crippen molar-refractivity contribution in [2.75, 3.05) is 10.5 Å². The van der Waals surface area contributed by atoms with Crippen molar-refractivity contribution in [1.29, 1.82) is 0 Å². The fourth-order valence-electron chi connectivity index (χ4n) is 1.35. The Morgan fingerprint density at radius 2 is 1.80 bits per heavy atom. The van der Waals surface area contributed by atoms with Gasteiger partial charge in [-0.15, -0.1) is 11.3 Å². The number of rotatable bonds is 3. The molecule has 0 aliphatic carbocycles. The molecule has 0 aliphatic heterocycles. The van der Waals surface area contributed by atoms with Gasteiger partial charge in [-0.3, -0.25) is 4.72 Å². The Morgan fingerprint density at radius 3 is 2.35 bits per heavy atom. The average molecular weight is 359 g/mol. The molecule has 3 N–H and O–H groups in total. The zero-order valence-corrected chi connectivity index (χ0v) is 12.6. The van der Waals surface area contributed by atoms with Gasteiger partial charge >= 0.3 is 0 Å². The molecule has 0 amide bonds. The summed E-state index contributed by atoms with van der Waals surface area (Å²) in [6, 6.07) is 2.45. The molecule has 1 aromatic carbocycles. The van der Waals surface area contributed by atoms with E-state index in [1.165, 1.54) is 0 Å². The van der Waals surface area contributed by atoms with Gasteiger partial charge in [-0.25, -0.2) is 17.2 Å². The molecule has 0 saturated carbocycles. The predicted molar refractivity (Wildman–Crippen MR) is 75.9 cm³/mol. The van der Waals surface area contributed by atoms with E-state index >= 15 is 0 Å². The van der Waals surface area contributed by atoms with Crippen LogP contribution in [0.15, 0.2) is 23.1 Å². The summed E-state index contributed by atoms with van der Waals surface area (Å²) in [6.45, 7) is 0. The summed E-state index contributed by atoms with van der Waals surface area (Å²) < 4.78 is 52.6. The van der Waals surface area contributed by atoms with Crippen molar-refractivity contribution in [3.8, 4) is 0 Å². The Kier molecular flexibility index (Phi) is 4.10. The van der Waals surface area contributed by atoms with Crippen molar-refractivity contribution in [1.82, 2.24) is 0 Å². The predicted octanol–water partition coefficient (Wildman–Crippen LogP) is 3.72. The highest BCUT2D eigenvalue weighted by atomic mass is 35.5. The van der Waals surface area contributed by atoms with Gasteiger partial charge in [-0.05, 0) is 12.1 Å². The summed E-state index contributed by atoms with van der Waals surface area (Å²) in [4.78, 5) is -0.295. The molecule has 1 aromatic heterocycles. The number of halogens is 4. The number of hydrogen-bond acceptors (Lipinski definition) is 4. The summed E-state index contributed by atoms with van der Waals surface area (Å²) in [6.07, 6.45) is 0. The molecular weight excluding hydrogens is 353 g/mol. The zero-order chi connectivity index (χ0) is 15.1. The molecule has 0 radical (unpaired) electrons. The van der Waals surface area contributed by atoms with Crippen molar-refractivity contribution in [3.05, 3.63) is 38.5 Å². The van der Waals surface area contributed by atoms with Crippen LogP contribution in [0.2, 0.25) is 8.67 Å². The molecular formula is C10H6Cl2F2N2O2S2. The van der Waals surface area contributed by atoms with Crippen LogP contribution in [0.3, 0.4) is 0 Å². The molecule has 2 rings (SSSR count). The molecule has 0 aliphatic rings. The molecule has 10 heteroatoms. The van der Waals surface area contributed by atoms with Crippen molar-refractivity contribution in [2.24, 2.45) is 0 Å². The van der Waals surface area contributed by atoms with E-state index < -0.39 is 33.0 Å². The topological polar surface area (TPSA) is 72.2 Å². The Bertz CT molecular complexity index is 778. The van der Waals surface area contributed by atoms with Gasteiger partial charge in [0.2, 0.25) is 0 Å². The Balaban J connectivity index is 2.43. The Labute approximate surface area is 127 Å². The minimum atomic E-state index is -4.15. The summed E-state index contributed by atoms with van der Waals surface area (Å²) in [5.74, 6) is -2.08. The number of nitrogens with one attached hydrogen (secondary N) is 1. The van der Waals surface area contributed by atoms with E-state index in [1.54, 1.807) is 0 Å². The molecule has 20 heavy (non-hydrogen) atoms. The van der Waals surface area contributed by atoms with Gasteiger partial charge in [0.25, 0.3) is 10.0 Å². The van der Waals surface area contributed by atoms with E-state index in [9.17, 15) is 17.2 Å². The molecule has 0 fully saturated rings. The maximum Gasteiger partial charge on any atom is 0.264 e. The van der Waals surface area contributed by atoms with Crippen molar-refractivity contribution in [3.63, 3.8) is 0 Å². The van der Waals surface area contributed by atoms with Crippen LogP contribution in [-0.4, -0.2) is 8.42 Å². The lowest BCUT2D eigenvalue weighted by molar-refractivity contribution is 0.585. The lowest BCUT2D eigenvalue weighted by Crippen LogP contribution is -2.14. The third-order valence-corrected chi connectivity index (χ3v) is 5.36. The van der Waals surface area contributed by atoms with Crippen LogP contribution in [0.4, 0.5) is 20.2 Å². The summed E-state index contributed by atoms with van der Waals surface area (Å²) in [5.41, 5.74) is 4.39. The number of sulfonamides is 1. The van der Waals surface area contributed by atoms with Gasteiger partial charge in [-0.1, -0.05) is 23.2 Å². The highest BCUT2D eigenvalue weighted by Crippen LogP contribution is 2.35. The summed E-state index contributed by atoms with van der Waals surface area (Å²) >= 11 is 12.2. The quantitative estimate of drug-likeness (QED) is 0.821. The van der Waals surface area contributed by atoms with E-state index in [0.29, 0.717) is 6.07 Å². The summed E-state index contributed by atoms with van der Waals surface area (Å²) in [7, 11) is -4.15. The van der Waals surface area contributed by atoms with Gasteiger partial charge in [0.1, 0.15) is 20.9 Å². The number of nitrogens with two attached hydrogens (primary N) is 1. The van der Waals surface area contributed by atoms with Gasteiger partial charge in [0.15, 0.2) is 0 Å². The molecule has 108 valence electrons. The number of hydrogen-bond donors (Lipinski definition) is 2. The monoisotopic (exact) mass is 358 g/mol. The standard InChI is InChI=1S/C10H6Cl2F2N2O2S2/c11-9-3-8(10(12)19-9)20(17,18)16-7-2-6(15)4(13)1-5(7)14/h1-3,16H,15H2. The maximum absolute atomic E-state index is 13.5. The lowest BCUT2D eigenvalue weighted by Gasteiger charge is -2.09. The van der Waals surface area contributed by atoms with Crippen LogP contribution in [0, 0.1) is 11.6 Å². The molecule has 0 saturated heterocycles. The largest absolute Gasteiger partial charge is 0.396 e. The molecule has 2 aromatic rings. The third kappa shape index (κ3) is 2.98. The Hall–Kier alpha value is -1.09. The van der Waals surface area contributed by atoms with Gasteiger partial charge in [0, 0.05) is 6.07 Å². The molecule has 4 nitrogen and oxygen atoms in total. The van der Waals surface area contributed by atoms with Crippen LogP contribution < -0.4 is 10.5 Å². The molecule has 0 bridgehead atoms. The number of anilines is 2. The van der Waals surface area contributed by atoms with Gasteiger partial charge in [0.05, 0.1) is 15.7 Å². The number of nitrogen functional groups attached to an aromatic ring is 1. The van der Waals surface area contributed by atoms with Crippen LogP contribution in [-0.2, 0) is 10.0 Å². The van der Waals surface area contributed by atoms with E-state index in [1.807, 2.05) is 4.72 Å². The minimum absolute atomic E-state index is 0.0713. The van der Waals surface area contributed by atoms with E-state index in [0.717, 1.165) is 23.5 Å². The van der Waals surface area contributed by atoms with Crippen LogP contribution in [0.25, 0.3) is 0 Å².